The van der Waals surface area contributed by atoms with E-state index in [1.165, 1.54) is 0 Å². The van der Waals surface area contributed by atoms with Crippen molar-refractivity contribution in [2.75, 3.05) is 39.3 Å². The summed E-state index contributed by atoms with van der Waals surface area (Å²) in [6.45, 7) is 15.0. The molecule has 0 aliphatic carbocycles. The van der Waals surface area contributed by atoms with E-state index < -0.39 is 0 Å². The molecule has 1 unspecified atom stereocenters. The lowest BCUT2D eigenvalue weighted by molar-refractivity contribution is -0.132. The Morgan fingerprint density at radius 3 is 2.50 bits per heavy atom. The van der Waals surface area contributed by atoms with Crippen molar-refractivity contribution < 1.29 is 4.79 Å². The Bertz CT molecular complexity index is 285. The number of carbonyl (C=O) groups excluding carboxylic acids is 1. The maximum atomic E-state index is 12.3. The lowest BCUT2D eigenvalue weighted by atomic mass is 10.2. The fourth-order valence-electron chi connectivity index (χ4n) is 2.43. The highest BCUT2D eigenvalue weighted by atomic mass is 16.2. The SMILES string of the molecule is C=C(C)CN(CC)C(=O)CN(CC)C1CCNC1. The number of hydrogen-bond donors (Lipinski definition) is 1. The highest BCUT2D eigenvalue weighted by Crippen LogP contribution is 2.09. The number of rotatable bonds is 7. The normalized spacial score (nSPS) is 19.2. The summed E-state index contributed by atoms with van der Waals surface area (Å²) in [5.41, 5.74) is 1.04. The van der Waals surface area contributed by atoms with Gasteiger partial charge in [-0.25, -0.2) is 0 Å². The van der Waals surface area contributed by atoms with Crippen LogP contribution >= 0.6 is 0 Å². The molecule has 1 N–H and O–H groups in total. The van der Waals surface area contributed by atoms with Crippen molar-refractivity contribution in [1.82, 2.24) is 15.1 Å². The number of carbonyl (C=O) groups is 1. The average molecular weight is 253 g/mol. The van der Waals surface area contributed by atoms with Crippen LogP contribution < -0.4 is 5.32 Å². The quantitative estimate of drug-likeness (QED) is 0.690. The first-order chi connectivity index (χ1) is 8.58. The van der Waals surface area contributed by atoms with E-state index in [9.17, 15) is 4.79 Å². The van der Waals surface area contributed by atoms with Gasteiger partial charge in [-0.3, -0.25) is 9.69 Å². The summed E-state index contributed by atoms with van der Waals surface area (Å²) in [7, 11) is 0. The number of likely N-dealkylation sites (N-methyl/N-ethyl adjacent to an activating group) is 2. The third kappa shape index (κ3) is 4.42. The van der Waals surface area contributed by atoms with E-state index in [-0.39, 0.29) is 5.91 Å². The van der Waals surface area contributed by atoms with Gasteiger partial charge in [-0.2, -0.15) is 0 Å². The van der Waals surface area contributed by atoms with Crippen LogP contribution in [0.15, 0.2) is 12.2 Å². The lowest BCUT2D eigenvalue weighted by Gasteiger charge is -2.29. The Labute approximate surface area is 111 Å². The summed E-state index contributed by atoms with van der Waals surface area (Å²) in [5, 5.41) is 3.36. The van der Waals surface area contributed by atoms with Gasteiger partial charge in [-0.05, 0) is 33.4 Å². The zero-order valence-corrected chi connectivity index (χ0v) is 12.0. The summed E-state index contributed by atoms with van der Waals surface area (Å²) in [6, 6.07) is 0.516. The van der Waals surface area contributed by atoms with Crippen molar-refractivity contribution in [1.29, 1.82) is 0 Å². The summed E-state index contributed by atoms with van der Waals surface area (Å²) in [6.07, 6.45) is 1.15. The van der Waals surface area contributed by atoms with Gasteiger partial charge in [0.1, 0.15) is 0 Å². The Hall–Kier alpha value is -0.870. The van der Waals surface area contributed by atoms with Gasteiger partial charge in [-0.1, -0.05) is 19.1 Å². The molecule has 1 fully saturated rings. The number of amides is 1. The van der Waals surface area contributed by atoms with Gasteiger partial charge in [-0.15, -0.1) is 0 Å². The molecule has 104 valence electrons. The molecule has 1 aliphatic heterocycles. The minimum Gasteiger partial charge on any atom is -0.338 e. The van der Waals surface area contributed by atoms with Crippen LogP contribution in [0.5, 0.6) is 0 Å². The maximum Gasteiger partial charge on any atom is 0.237 e. The highest BCUT2D eigenvalue weighted by molar-refractivity contribution is 5.78. The molecule has 0 aromatic carbocycles. The van der Waals surface area contributed by atoms with Crippen molar-refractivity contribution in [3.05, 3.63) is 12.2 Å². The molecule has 1 amide bonds. The molecule has 1 saturated heterocycles. The van der Waals surface area contributed by atoms with Gasteiger partial charge in [0.25, 0.3) is 0 Å². The predicted molar refractivity (Wildman–Crippen MR) is 75.6 cm³/mol. The molecule has 18 heavy (non-hydrogen) atoms. The van der Waals surface area contributed by atoms with Gasteiger partial charge in [0.2, 0.25) is 5.91 Å². The van der Waals surface area contributed by atoms with Gasteiger partial charge in [0.15, 0.2) is 0 Å². The van der Waals surface area contributed by atoms with Gasteiger partial charge < -0.3 is 10.2 Å². The topological polar surface area (TPSA) is 35.6 Å². The van der Waals surface area contributed by atoms with Crippen molar-refractivity contribution >= 4 is 5.91 Å². The molecule has 0 bridgehead atoms. The lowest BCUT2D eigenvalue weighted by Crippen LogP contribution is -2.45. The van der Waals surface area contributed by atoms with E-state index in [0.29, 0.717) is 19.1 Å². The summed E-state index contributed by atoms with van der Waals surface area (Å²) >= 11 is 0. The Morgan fingerprint density at radius 2 is 2.06 bits per heavy atom. The number of hydrogen-bond acceptors (Lipinski definition) is 3. The first-order valence-electron chi connectivity index (χ1n) is 6.95. The summed E-state index contributed by atoms with van der Waals surface area (Å²) in [5.74, 6) is 0.217. The van der Waals surface area contributed by atoms with Crippen LogP contribution in [-0.2, 0) is 4.79 Å². The summed E-state index contributed by atoms with van der Waals surface area (Å²) < 4.78 is 0. The Kier molecular flexibility index (Phi) is 6.36. The molecule has 1 heterocycles. The van der Waals surface area contributed by atoms with Crippen molar-refractivity contribution in [2.45, 2.75) is 33.2 Å². The second-order valence-corrected chi connectivity index (χ2v) is 5.07. The standard InChI is InChI=1S/C14H27N3O/c1-5-16(13-7-8-15-9-13)11-14(18)17(6-2)10-12(3)4/h13,15H,3,5-11H2,1-2,4H3. The predicted octanol–water partition coefficient (Wildman–Crippen LogP) is 1.09. The van der Waals surface area contributed by atoms with Crippen LogP contribution in [0.4, 0.5) is 0 Å². The summed E-state index contributed by atoms with van der Waals surface area (Å²) in [4.78, 5) is 16.4. The Balaban J connectivity index is 2.51. The highest BCUT2D eigenvalue weighted by Gasteiger charge is 2.24. The van der Waals surface area contributed by atoms with Crippen LogP contribution in [0.3, 0.4) is 0 Å². The molecule has 1 atom stereocenters. The van der Waals surface area contributed by atoms with Crippen molar-refractivity contribution in [3.63, 3.8) is 0 Å². The van der Waals surface area contributed by atoms with Gasteiger partial charge in [0.05, 0.1) is 6.54 Å². The molecule has 0 spiro atoms. The first-order valence-corrected chi connectivity index (χ1v) is 6.95. The van der Waals surface area contributed by atoms with Crippen LogP contribution in [-0.4, -0.2) is 61.0 Å². The third-order valence-corrected chi connectivity index (χ3v) is 3.49. The molecule has 0 radical (unpaired) electrons. The van der Waals surface area contributed by atoms with E-state index in [4.69, 9.17) is 0 Å². The average Bonchev–Trinajstić information content (AvgIpc) is 2.85. The van der Waals surface area contributed by atoms with E-state index >= 15 is 0 Å². The zero-order chi connectivity index (χ0) is 13.5. The fourth-order valence-corrected chi connectivity index (χ4v) is 2.43. The largest absolute Gasteiger partial charge is 0.338 e. The molecular weight excluding hydrogens is 226 g/mol. The van der Waals surface area contributed by atoms with E-state index in [0.717, 1.165) is 38.2 Å². The Morgan fingerprint density at radius 1 is 1.33 bits per heavy atom. The number of nitrogens with zero attached hydrogens (tertiary/aromatic N) is 2. The van der Waals surface area contributed by atoms with Gasteiger partial charge in [0, 0.05) is 25.7 Å². The van der Waals surface area contributed by atoms with E-state index in [1.54, 1.807) is 0 Å². The molecule has 1 rings (SSSR count). The monoisotopic (exact) mass is 253 g/mol. The molecule has 4 heteroatoms. The smallest absolute Gasteiger partial charge is 0.237 e. The zero-order valence-electron chi connectivity index (χ0n) is 12.0. The molecule has 1 aliphatic rings. The fraction of sp³-hybridized carbons (Fsp3) is 0.786. The molecule has 4 nitrogen and oxygen atoms in total. The second kappa shape index (κ2) is 7.54. The molecule has 0 saturated carbocycles. The van der Waals surface area contributed by atoms with Gasteiger partial charge >= 0.3 is 0 Å². The van der Waals surface area contributed by atoms with Crippen molar-refractivity contribution in [2.24, 2.45) is 0 Å². The van der Waals surface area contributed by atoms with E-state index in [1.807, 2.05) is 18.7 Å². The van der Waals surface area contributed by atoms with Crippen LogP contribution in [0.25, 0.3) is 0 Å². The minimum absolute atomic E-state index is 0.217. The maximum absolute atomic E-state index is 12.3. The first kappa shape index (κ1) is 15.2. The number of nitrogens with one attached hydrogen (secondary N) is 1. The van der Waals surface area contributed by atoms with Crippen LogP contribution in [0, 0.1) is 0 Å². The minimum atomic E-state index is 0.217. The van der Waals surface area contributed by atoms with E-state index in [2.05, 4.69) is 23.7 Å². The van der Waals surface area contributed by atoms with Crippen LogP contribution in [0.2, 0.25) is 0 Å². The molecule has 0 aromatic rings. The van der Waals surface area contributed by atoms with Crippen LogP contribution in [0.1, 0.15) is 27.2 Å². The van der Waals surface area contributed by atoms with Crippen molar-refractivity contribution in [3.8, 4) is 0 Å². The third-order valence-electron chi connectivity index (χ3n) is 3.49. The molecule has 0 aromatic heterocycles. The second-order valence-electron chi connectivity index (χ2n) is 5.07. The molecular formula is C14H27N3O.